The zero-order valence-corrected chi connectivity index (χ0v) is 11.7. The van der Waals surface area contributed by atoms with Crippen LogP contribution < -0.4 is 5.32 Å². The molecule has 1 saturated carbocycles. The number of benzene rings is 1. The molecule has 3 nitrogen and oxygen atoms in total. The van der Waals surface area contributed by atoms with E-state index in [1.807, 2.05) is 0 Å². The Morgan fingerprint density at radius 1 is 1.14 bits per heavy atom. The molecule has 1 aromatic carbocycles. The minimum Gasteiger partial charge on any atom is -0.480 e. The Morgan fingerprint density at radius 2 is 1.62 bits per heavy atom. The van der Waals surface area contributed by atoms with Gasteiger partial charge in [0.2, 0.25) is 0 Å². The van der Waals surface area contributed by atoms with Crippen LogP contribution in [0.5, 0.6) is 0 Å². The van der Waals surface area contributed by atoms with E-state index in [0.717, 1.165) is 37.8 Å². The van der Waals surface area contributed by atoms with Crippen molar-refractivity contribution in [1.82, 2.24) is 5.32 Å². The number of carbonyl (C=O) groups is 1. The lowest BCUT2D eigenvalue weighted by atomic mass is 9.90. The van der Waals surface area contributed by atoms with Crippen LogP contribution in [-0.2, 0) is 16.5 Å². The molecule has 1 atom stereocenters. The second-order valence-electron chi connectivity index (χ2n) is 5.63. The molecular formula is C15H18F3NO2. The summed E-state index contributed by atoms with van der Waals surface area (Å²) in [6.45, 7) is 1.50. The topological polar surface area (TPSA) is 49.3 Å². The minimum absolute atomic E-state index is 0.0911. The number of hydrogen-bond acceptors (Lipinski definition) is 2. The summed E-state index contributed by atoms with van der Waals surface area (Å²) in [4.78, 5) is 11.6. The van der Waals surface area contributed by atoms with E-state index in [0.29, 0.717) is 5.56 Å². The summed E-state index contributed by atoms with van der Waals surface area (Å²) < 4.78 is 37.7. The fraction of sp³-hybridized carbons (Fsp3) is 0.533. The van der Waals surface area contributed by atoms with Crippen molar-refractivity contribution >= 4 is 5.97 Å². The average molecular weight is 301 g/mol. The first-order valence-corrected chi connectivity index (χ1v) is 6.92. The molecule has 1 fully saturated rings. The van der Waals surface area contributed by atoms with Gasteiger partial charge in [-0.15, -0.1) is 0 Å². The Kier molecular flexibility index (Phi) is 4.27. The average Bonchev–Trinajstić information content (AvgIpc) is 2.90. The Bertz CT molecular complexity index is 507. The highest BCUT2D eigenvalue weighted by Gasteiger charge is 2.38. The fourth-order valence-corrected chi connectivity index (χ4v) is 2.74. The molecule has 0 aromatic heterocycles. The number of carboxylic acids is 1. The minimum atomic E-state index is -4.42. The first-order valence-electron chi connectivity index (χ1n) is 6.92. The molecule has 0 radical (unpaired) electrons. The highest BCUT2D eigenvalue weighted by atomic mass is 19.4. The van der Waals surface area contributed by atoms with Crippen LogP contribution in [0.25, 0.3) is 0 Å². The van der Waals surface area contributed by atoms with Crippen LogP contribution in [0.2, 0.25) is 0 Å². The molecule has 21 heavy (non-hydrogen) atoms. The molecular weight excluding hydrogens is 283 g/mol. The maximum Gasteiger partial charge on any atom is 0.416 e. The molecule has 0 amide bonds. The monoisotopic (exact) mass is 301 g/mol. The van der Waals surface area contributed by atoms with Crippen LogP contribution in [0.3, 0.4) is 0 Å². The standard InChI is InChI=1S/C15H18F3NO2/c1-14(13(20)21,19-12-4-2-3-5-12)10-6-8-11(9-7-10)15(16,17)18/h6-9,12,19H,2-5H2,1H3,(H,20,21). The molecule has 0 heterocycles. The van der Waals surface area contributed by atoms with Gasteiger partial charge in [-0.05, 0) is 37.5 Å². The summed E-state index contributed by atoms with van der Waals surface area (Å²) in [7, 11) is 0. The van der Waals surface area contributed by atoms with Crippen molar-refractivity contribution in [3.8, 4) is 0 Å². The normalized spacial score (nSPS) is 19.4. The van der Waals surface area contributed by atoms with E-state index in [2.05, 4.69) is 5.32 Å². The lowest BCUT2D eigenvalue weighted by Gasteiger charge is -2.30. The molecule has 2 rings (SSSR count). The first kappa shape index (κ1) is 15.8. The van der Waals surface area contributed by atoms with Crippen molar-refractivity contribution in [3.05, 3.63) is 35.4 Å². The van der Waals surface area contributed by atoms with E-state index in [1.165, 1.54) is 19.1 Å². The van der Waals surface area contributed by atoms with E-state index < -0.39 is 23.2 Å². The van der Waals surface area contributed by atoms with Crippen molar-refractivity contribution in [2.24, 2.45) is 0 Å². The van der Waals surface area contributed by atoms with Gasteiger partial charge >= 0.3 is 12.1 Å². The zero-order chi connectivity index (χ0) is 15.7. The molecule has 1 aliphatic carbocycles. The van der Waals surface area contributed by atoms with Crippen LogP contribution in [0.4, 0.5) is 13.2 Å². The summed E-state index contributed by atoms with van der Waals surface area (Å²) in [6, 6.07) is 4.41. The quantitative estimate of drug-likeness (QED) is 0.894. The Hall–Kier alpha value is -1.56. The van der Waals surface area contributed by atoms with Gasteiger partial charge in [0.05, 0.1) is 5.56 Å². The van der Waals surface area contributed by atoms with Crippen molar-refractivity contribution in [3.63, 3.8) is 0 Å². The Balaban J connectivity index is 2.27. The molecule has 1 aliphatic rings. The molecule has 2 N–H and O–H groups in total. The van der Waals surface area contributed by atoms with Gasteiger partial charge in [0.1, 0.15) is 5.54 Å². The molecule has 0 spiro atoms. The summed E-state index contributed by atoms with van der Waals surface area (Å²) >= 11 is 0. The number of rotatable bonds is 4. The fourth-order valence-electron chi connectivity index (χ4n) is 2.74. The van der Waals surface area contributed by atoms with Gasteiger partial charge in [-0.1, -0.05) is 25.0 Å². The third-order valence-corrected chi connectivity index (χ3v) is 4.07. The lowest BCUT2D eigenvalue weighted by molar-refractivity contribution is -0.145. The summed E-state index contributed by atoms with van der Waals surface area (Å²) in [5.41, 5.74) is -1.83. The maximum absolute atomic E-state index is 12.6. The second kappa shape index (κ2) is 5.67. The third-order valence-electron chi connectivity index (χ3n) is 4.07. The zero-order valence-electron chi connectivity index (χ0n) is 11.7. The van der Waals surface area contributed by atoms with Gasteiger partial charge in [-0.2, -0.15) is 13.2 Å². The third kappa shape index (κ3) is 3.37. The molecule has 116 valence electrons. The van der Waals surface area contributed by atoms with E-state index >= 15 is 0 Å². The lowest BCUT2D eigenvalue weighted by Crippen LogP contribution is -2.50. The predicted octanol–water partition coefficient (Wildman–Crippen LogP) is 3.54. The van der Waals surface area contributed by atoms with Crippen LogP contribution >= 0.6 is 0 Å². The van der Waals surface area contributed by atoms with Crippen LogP contribution in [0, 0.1) is 0 Å². The molecule has 0 aliphatic heterocycles. The van der Waals surface area contributed by atoms with Crippen molar-refractivity contribution in [2.75, 3.05) is 0 Å². The summed E-state index contributed by atoms with van der Waals surface area (Å²) in [6.07, 6.45) is -0.551. The van der Waals surface area contributed by atoms with E-state index in [1.54, 1.807) is 0 Å². The summed E-state index contributed by atoms with van der Waals surface area (Å²) in [5, 5.41) is 12.6. The molecule has 0 bridgehead atoms. The van der Waals surface area contributed by atoms with Crippen LogP contribution in [0.15, 0.2) is 24.3 Å². The SMILES string of the molecule is CC(NC1CCCC1)(C(=O)O)c1ccc(C(F)(F)F)cc1. The van der Waals surface area contributed by atoms with Gasteiger partial charge in [-0.25, -0.2) is 4.79 Å². The predicted molar refractivity (Wildman–Crippen MR) is 71.8 cm³/mol. The highest BCUT2D eigenvalue weighted by molar-refractivity contribution is 5.80. The van der Waals surface area contributed by atoms with Gasteiger partial charge < -0.3 is 5.11 Å². The second-order valence-corrected chi connectivity index (χ2v) is 5.63. The number of hydrogen-bond donors (Lipinski definition) is 2. The first-order chi connectivity index (χ1) is 9.73. The number of carboxylic acid groups (broad SMARTS) is 1. The summed E-state index contributed by atoms with van der Waals surface area (Å²) in [5.74, 6) is -1.09. The molecule has 0 saturated heterocycles. The van der Waals surface area contributed by atoms with E-state index in [-0.39, 0.29) is 6.04 Å². The van der Waals surface area contributed by atoms with Gasteiger partial charge in [-0.3, -0.25) is 5.32 Å². The van der Waals surface area contributed by atoms with Gasteiger partial charge in [0.15, 0.2) is 0 Å². The number of alkyl halides is 3. The van der Waals surface area contributed by atoms with E-state index in [4.69, 9.17) is 0 Å². The van der Waals surface area contributed by atoms with Crippen molar-refractivity contribution in [2.45, 2.75) is 50.4 Å². The van der Waals surface area contributed by atoms with Crippen molar-refractivity contribution in [1.29, 1.82) is 0 Å². The van der Waals surface area contributed by atoms with Gasteiger partial charge in [0.25, 0.3) is 0 Å². The van der Waals surface area contributed by atoms with Crippen molar-refractivity contribution < 1.29 is 23.1 Å². The van der Waals surface area contributed by atoms with Crippen LogP contribution in [-0.4, -0.2) is 17.1 Å². The van der Waals surface area contributed by atoms with Crippen LogP contribution in [0.1, 0.15) is 43.7 Å². The molecule has 1 unspecified atom stereocenters. The molecule has 1 aromatic rings. The van der Waals surface area contributed by atoms with E-state index in [9.17, 15) is 23.1 Å². The largest absolute Gasteiger partial charge is 0.480 e. The number of nitrogens with one attached hydrogen (secondary N) is 1. The maximum atomic E-state index is 12.6. The molecule has 6 heteroatoms. The Morgan fingerprint density at radius 3 is 2.05 bits per heavy atom. The van der Waals surface area contributed by atoms with Gasteiger partial charge in [0, 0.05) is 6.04 Å². The highest BCUT2D eigenvalue weighted by Crippen LogP contribution is 2.32. The Labute approximate surface area is 121 Å². The smallest absolute Gasteiger partial charge is 0.416 e. The number of aliphatic carboxylic acids is 1. The number of halogens is 3.